The summed E-state index contributed by atoms with van der Waals surface area (Å²) in [5, 5.41) is 6.96. The quantitative estimate of drug-likeness (QED) is 0.585. The Morgan fingerprint density at radius 2 is 2.06 bits per heavy atom. The summed E-state index contributed by atoms with van der Waals surface area (Å²) >= 11 is 0. The third kappa shape index (κ3) is 2.20. The first-order chi connectivity index (χ1) is 8.09. The molecule has 88 valence electrons. The van der Waals surface area contributed by atoms with Crippen molar-refractivity contribution in [3.05, 3.63) is 36.0 Å². The maximum Gasteiger partial charge on any atom is 0.227 e. The molecule has 0 fully saturated rings. The monoisotopic (exact) mass is 229 g/mol. The molecule has 1 aromatic carbocycles. The van der Waals surface area contributed by atoms with E-state index in [0.29, 0.717) is 0 Å². The van der Waals surface area contributed by atoms with Gasteiger partial charge in [0.1, 0.15) is 0 Å². The Morgan fingerprint density at radius 3 is 2.71 bits per heavy atom. The topological polar surface area (TPSA) is 37.6 Å². The molecule has 0 aliphatic heterocycles. The minimum Gasteiger partial charge on any atom is -0.303 e. The molecular formula is C13H15N3O. The predicted octanol–water partition coefficient (Wildman–Crippen LogP) is 2.20. The molecule has 0 radical (unpaired) electrons. The highest BCUT2D eigenvalue weighted by molar-refractivity contribution is 6.03. The number of hydrazone groups is 1. The Kier molecular flexibility index (Phi) is 2.95. The SMILES string of the molecule is CC(=O)n1cc(/C=N/N(C)C)c2ccccc21. The minimum atomic E-state index is 0.00528. The molecule has 0 amide bonds. The highest BCUT2D eigenvalue weighted by Crippen LogP contribution is 2.19. The first kappa shape index (κ1) is 11.4. The molecule has 0 saturated carbocycles. The summed E-state index contributed by atoms with van der Waals surface area (Å²) in [4.78, 5) is 11.5. The average Bonchev–Trinajstić information content (AvgIpc) is 2.65. The molecule has 0 aliphatic rings. The minimum absolute atomic E-state index is 0.00528. The highest BCUT2D eigenvalue weighted by Gasteiger charge is 2.08. The summed E-state index contributed by atoms with van der Waals surface area (Å²) in [5.74, 6) is 0.00528. The molecule has 17 heavy (non-hydrogen) atoms. The van der Waals surface area contributed by atoms with Crippen LogP contribution in [0.3, 0.4) is 0 Å². The Morgan fingerprint density at radius 1 is 1.35 bits per heavy atom. The molecule has 4 heteroatoms. The van der Waals surface area contributed by atoms with E-state index in [1.165, 1.54) is 0 Å². The van der Waals surface area contributed by atoms with Gasteiger partial charge in [0.15, 0.2) is 0 Å². The van der Waals surface area contributed by atoms with Crippen LogP contribution in [0.1, 0.15) is 17.3 Å². The van der Waals surface area contributed by atoms with Crippen LogP contribution in [0.2, 0.25) is 0 Å². The van der Waals surface area contributed by atoms with Gasteiger partial charge in [0.25, 0.3) is 0 Å². The standard InChI is InChI=1S/C13H15N3O/c1-10(17)16-9-11(8-14-15(2)3)12-6-4-5-7-13(12)16/h4-9H,1-3H3/b14-8+. The summed E-state index contributed by atoms with van der Waals surface area (Å²) < 4.78 is 1.65. The average molecular weight is 229 g/mol. The second-order valence-electron chi connectivity index (χ2n) is 4.08. The van der Waals surface area contributed by atoms with Crippen LogP contribution in [0.15, 0.2) is 35.6 Å². The summed E-state index contributed by atoms with van der Waals surface area (Å²) in [6, 6.07) is 7.81. The van der Waals surface area contributed by atoms with Gasteiger partial charge < -0.3 is 5.01 Å². The number of hydrogen-bond donors (Lipinski definition) is 0. The Bertz CT molecular complexity index is 581. The van der Waals surface area contributed by atoms with E-state index >= 15 is 0 Å². The third-order valence-corrected chi connectivity index (χ3v) is 2.51. The first-order valence-corrected chi connectivity index (χ1v) is 5.42. The fraction of sp³-hybridized carbons (Fsp3) is 0.231. The molecule has 1 heterocycles. The van der Waals surface area contributed by atoms with Crippen LogP contribution >= 0.6 is 0 Å². The first-order valence-electron chi connectivity index (χ1n) is 5.42. The molecule has 0 N–H and O–H groups in total. The van der Waals surface area contributed by atoms with Gasteiger partial charge in [0.05, 0.1) is 11.7 Å². The lowest BCUT2D eigenvalue weighted by Gasteiger charge is -2.01. The Balaban J connectivity index is 2.60. The molecule has 0 unspecified atom stereocenters. The molecule has 4 nitrogen and oxygen atoms in total. The lowest BCUT2D eigenvalue weighted by atomic mass is 10.2. The van der Waals surface area contributed by atoms with E-state index in [-0.39, 0.29) is 5.91 Å². The van der Waals surface area contributed by atoms with Crippen LogP contribution in [-0.2, 0) is 0 Å². The molecule has 1 aromatic heterocycles. The number of aromatic nitrogens is 1. The van der Waals surface area contributed by atoms with Crippen LogP contribution in [0.5, 0.6) is 0 Å². The second kappa shape index (κ2) is 4.41. The second-order valence-corrected chi connectivity index (χ2v) is 4.08. The van der Waals surface area contributed by atoms with Crippen molar-refractivity contribution in [1.82, 2.24) is 9.58 Å². The number of fused-ring (bicyclic) bond motifs is 1. The maximum atomic E-state index is 11.5. The Hall–Kier alpha value is -2.10. The van der Waals surface area contributed by atoms with Crippen molar-refractivity contribution < 1.29 is 4.79 Å². The lowest BCUT2D eigenvalue weighted by molar-refractivity contribution is 0.0941. The molecule has 0 spiro atoms. The smallest absolute Gasteiger partial charge is 0.227 e. The van der Waals surface area contributed by atoms with Crippen molar-refractivity contribution in [3.8, 4) is 0 Å². The van der Waals surface area contributed by atoms with Crippen molar-refractivity contribution in [2.24, 2.45) is 5.10 Å². The molecule has 0 atom stereocenters. The largest absolute Gasteiger partial charge is 0.303 e. The van der Waals surface area contributed by atoms with E-state index in [1.807, 2.05) is 44.6 Å². The van der Waals surface area contributed by atoms with E-state index in [4.69, 9.17) is 0 Å². The third-order valence-electron chi connectivity index (χ3n) is 2.51. The van der Waals surface area contributed by atoms with Gasteiger partial charge in [-0.1, -0.05) is 18.2 Å². The van der Waals surface area contributed by atoms with Crippen molar-refractivity contribution >= 4 is 23.0 Å². The number of nitrogens with zero attached hydrogens (tertiary/aromatic N) is 3. The zero-order valence-electron chi connectivity index (χ0n) is 10.2. The van der Waals surface area contributed by atoms with E-state index in [1.54, 1.807) is 22.7 Å². The van der Waals surface area contributed by atoms with Crippen LogP contribution in [-0.4, -0.2) is 35.8 Å². The van der Waals surface area contributed by atoms with Gasteiger partial charge >= 0.3 is 0 Å². The molecule has 0 aliphatic carbocycles. The summed E-state index contributed by atoms with van der Waals surface area (Å²) in [7, 11) is 3.72. The maximum absolute atomic E-state index is 11.5. The van der Waals surface area contributed by atoms with Crippen LogP contribution in [0.25, 0.3) is 10.9 Å². The van der Waals surface area contributed by atoms with Gasteiger partial charge in [0, 0.05) is 38.2 Å². The number of hydrogen-bond acceptors (Lipinski definition) is 3. The molecule has 0 saturated heterocycles. The summed E-state index contributed by atoms with van der Waals surface area (Å²) in [6.07, 6.45) is 3.59. The van der Waals surface area contributed by atoms with Gasteiger partial charge in [-0.15, -0.1) is 0 Å². The summed E-state index contributed by atoms with van der Waals surface area (Å²) in [6.45, 7) is 1.55. The van der Waals surface area contributed by atoms with Gasteiger partial charge in [-0.3, -0.25) is 9.36 Å². The van der Waals surface area contributed by atoms with Crippen molar-refractivity contribution in [2.75, 3.05) is 14.1 Å². The fourth-order valence-electron chi connectivity index (χ4n) is 1.75. The molecule has 2 aromatic rings. The van der Waals surface area contributed by atoms with Crippen molar-refractivity contribution in [3.63, 3.8) is 0 Å². The lowest BCUT2D eigenvalue weighted by Crippen LogP contribution is -2.03. The normalized spacial score (nSPS) is 11.2. The van der Waals surface area contributed by atoms with Crippen LogP contribution in [0.4, 0.5) is 0 Å². The zero-order valence-corrected chi connectivity index (χ0v) is 10.2. The van der Waals surface area contributed by atoms with Gasteiger partial charge in [0.2, 0.25) is 5.91 Å². The van der Waals surface area contributed by atoms with E-state index in [0.717, 1.165) is 16.5 Å². The van der Waals surface area contributed by atoms with Crippen LogP contribution < -0.4 is 0 Å². The number of benzene rings is 1. The van der Waals surface area contributed by atoms with Gasteiger partial charge in [-0.25, -0.2) is 0 Å². The highest BCUT2D eigenvalue weighted by atomic mass is 16.1. The fourth-order valence-corrected chi connectivity index (χ4v) is 1.75. The predicted molar refractivity (Wildman–Crippen MR) is 69.5 cm³/mol. The molecular weight excluding hydrogens is 214 g/mol. The van der Waals surface area contributed by atoms with Gasteiger partial charge in [-0.05, 0) is 6.07 Å². The zero-order chi connectivity index (χ0) is 12.4. The van der Waals surface area contributed by atoms with Gasteiger partial charge in [-0.2, -0.15) is 5.10 Å². The number of rotatable bonds is 2. The number of carbonyl (C=O) groups excluding carboxylic acids is 1. The number of carbonyl (C=O) groups is 1. The van der Waals surface area contributed by atoms with Crippen molar-refractivity contribution in [2.45, 2.75) is 6.92 Å². The molecule has 2 rings (SSSR count). The van der Waals surface area contributed by atoms with E-state index in [9.17, 15) is 4.79 Å². The summed E-state index contributed by atoms with van der Waals surface area (Å²) in [5.41, 5.74) is 1.87. The molecule has 0 bridgehead atoms. The number of para-hydroxylation sites is 1. The van der Waals surface area contributed by atoms with E-state index < -0.39 is 0 Å². The van der Waals surface area contributed by atoms with Crippen LogP contribution in [0, 0.1) is 0 Å². The van der Waals surface area contributed by atoms with Crippen molar-refractivity contribution in [1.29, 1.82) is 0 Å². The Labute approximate surface area is 100 Å². The van der Waals surface area contributed by atoms with E-state index in [2.05, 4.69) is 5.10 Å².